The molecule has 0 aliphatic carbocycles. The zero-order valence-electron chi connectivity index (χ0n) is 10.7. The number of urea groups is 1. The number of anilines is 1. The molecule has 1 atom stereocenters. The average molecular weight is 306 g/mol. The van der Waals surface area contributed by atoms with Crippen molar-refractivity contribution in [3.8, 4) is 11.3 Å². The summed E-state index contributed by atoms with van der Waals surface area (Å²) in [6.07, 6.45) is 0. The fourth-order valence-corrected chi connectivity index (χ4v) is 2.64. The third kappa shape index (κ3) is 2.84. The van der Waals surface area contributed by atoms with Gasteiger partial charge in [-0.15, -0.1) is 11.3 Å². The quantitative estimate of drug-likeness (QED) is 0.805. The first-order valence-corrected chi connectivity index (χ1v) is 7.07. The summed E-state index contributed by atoms with van der Waals surface area (Å²) in [7, 11) is 0. The summed E-state index contributed by atoms with van der Waals surface area (Å²) in [4.78, 5) is 27.1. The molecule has 6 nitrogen and oxygen atoms in total. The second kappa shape index (κ2) is 5.49. The van der Waals surface area contributed by atoms with Crippen molar-refractivity contribution in [2.24, 2.45) is 0 Å². The number of amides is 3. The van der Waals surface area contributed by atoms with Crippen LogP contribution in [0.5, 0.6) is 0 Å². The van der Waals surface area contributed by atoms with E-state index in [0.717, 1.165) is 0 Å². The summed E-state index contributed by atoms with van der Waals surface area (Å²) in [5, 5.41) is 9.61. The molecule has 21 heavy (non-hydrogen) atoms. The molecule has 3 N–H and O–H groups in total. The smallest absolute Gasteiger partial charge is 0.315 e. The fraction of sp³-hybridized carbons (Fsp3) is 0.154. The van der Waals surface area contributed by atoms with Gasteiger partial charge in [0.25, 0.3) is 5.91 Å². The van der Waals surface area contributed by atoms with Crippen LogP contribution in [0.15, 0.2) is 29.6 Å². The molecular formula is C13H11FN4O2S. The van der Waals surface area contributed by atoms with E-state index in [4.69, 9.17) is 0 Å². The molecule has 108 valence electrons. The first kappa shape index (κ1) is 13.5. The maximum absolute atomic E-state index is 13.7. The lowest BCUT2D eigenvalue weighted by molar-refractivity contribution is -0.117. The number of hydrogen-bond acceptors (Lipinski definition) is 4. The summed E-state index contributed by atoms with van der Waals surface area (Å²) < 4.78 is 13.7. The Bertz CT molecular complexity index is 703. The molecule has 0 spiro atoms. The number of nitrogens with zero attached hydrogens (tertiary/aromatic N) is 1. The van der Waals surface area contributed by atoms with Crippen molar-refractivity contribution in [1.29, 1.82) is 0 Å². The second-order valence-corrected chi connectivity index (χ2v) is 5.27. The molecule has 1 aliphatic heterocycles. The van der Waals surface area contributed by atoms with Crippen LogP contribution >= 0.6 is 11.3 Å². The molecule has 2 aromatic rings. The van der Waals surface area contributed by atoms with Crippen LogP contribution in [0.25, 0.3) is 11.3 Å². The minimum Gasteiger partial charge on any atom is -0.336 e. The van der Waals surface area contributed by atoms with Crippen LogP contribution in [0.4, 0.5) is 14.3 Å². The Kier molecular flexibility index (Phi) is 3.53. The van der Waals surface area contributed by atoms with Gasteiger partial charge in [0.2, 0.25) is 0 Å². The van der Waals surface area contributed by atoms with E-state index in [2.05, 4.69) is 20.9 Å². The topological polar surface area (TPSA) is 83.1 Å². The summed E-state index contributed by atoms with van der Waals surface area (Å²) in [6.45, 7) is 0.232. The van der Waals surface area contributed by atoms with Crippen LogP contribution in [0, 0.1) is 5.82 Å². The molecule has 1 saturated heterocycles. The Morgan fingerprint density at radius 2 is 2.24 bits per heavy atom. The van der Waals surface area contributed by atoms with Crippen molar-refractivity contribution in [3.63, 3.8) is 0 Å². The lowest BCUT2D eigenvalue weighted by Gasteiger charge is -2.07. The monoisotopic (exact) mass is 306 g/mol. The Morgan fingerprint density at radius 1 is 1.43 bits per heavy atom. The van der Waals surface area contributed by atoms with Gasteiger partial charge >= 0.3 is 6.03 Å². The van der Waals surface area contributed by atoms with Crippen molar-refractivity contribution < 1.29 is 14.0 Å². The molecule has 0 radical (unpaired) electrons. The van der Waals surface area contributed by atoms with Crippen molar-refractivity contribution in [2.45, 2.75) is 6.04 Å². The third-order valence-electron chi connectivity index (χ3n) is 2.97. The zero-order valence-corrected chi connectivity index (χ0v) is 11.5. The van der Waals surface area contributed by atoms with Gasteiger partial charge in [-0.05, 0) is 12.1 Å². The molecule has 0 saturated carbocycles. The molecule has 1 aromatic heterocycles. The number of thiazole rings is 1. The van der Waals surface area contributed by atoms with Crippen LogP contribution in [-0.4, -0.2) is 29.5 Å². The maximum Gasteiger partial charge on any atom is 0.315 e. The molecule has 0 bridgehead atoms. The Balaban J connectivity index is 1.72. The van der Waals surface area contributed by atoms with Crippen molar-refractivity contribution >= 4 is 28.4 Å². The predicted octanol–water partition coefficient (Wildman–Crippen LogP) is 1.57. The lowest BCUT2D eigenvalue weighted by atomic mass is 10.2. The van der Waals surface area contributed by atoms with Crippen LogP contribution in [0.2, 0.25) is 0 Å². The summed E-state index contributed by atoms with van der Waals surface area (Å²) in [5.74, 6) is -0.726. The Hall–Kier alpha value is -2.48. The van der Waals surface area contributed by atoms with Gasteiger partial charge in [0.15, 0.2) is 5.13 Å². The molecule has 1 aromatic carbocycles. The Morgan fingerprint density at radius 3 is 2.95 bits per heavy atom. The SMILES string of the molecule is O=C1NCC(C(=O)Nc2nc(-c3ccccc3F)cs2)N1. The number of nitrogens with one attached hydrogen (secondary N) is 3. The van der Waals surface area contributed by atoms with Crippen molar-refractivity contribution in [3.05, 3.63) is 35.5 Å². The number of hydrogen-bond donors (Lipinski definition) is 3. The third-order valence-corrected chi connectivity index (χ3v) is 3.73. The van der Waals surface area contributed by atoms with Crippen LogP contribution in [0.1, 0.15) is 0 Å². The van der Waals surface area contributed by atoms with Gasteiger partial charge in [-0.2, -0.15) is 0 Å². The largest absolute Gasteiger partial charge is 0.336 e. The minimum atomic E-state index is -0.627. The van der Waals surface area contributed by atoms with Crippen molar-refractivity contribution in [2.75, 3.05) is 11.9 Å². The van der Waals surface area contributed by atoms with Gasteiger partial charge in [0.05, 0.1) is 5.69 Å². The second-order valence-electron chi connectivity index (χ2n) is 4.41. The lowest BCUT2D eigenvalue weighted by Crippen LogP contribution is -2.38. The van der Waals surface area contributed by atoms with Gasteiger partial charge in [-0.25, -0.2) is 14.2 Å². The molecule has 1 aliphatic rings. The highest BCUT2D eigenvalue weighted by molar-refractivity contribution is 7.14. The van der Waals surface area contributed by atoms with Gasteiger partial charge in [-0.3, -0.25) is 4.79 Å². The number of carbonyl (C=O) groups excluding carboxylic acids is 2. The van der Waals surface area contributed by atoms with Gasteiger partial charge in [-0.1, -0.05) is 12.1 Å². The molecular weight excluding hydrogens is 295 g/mol. The average Bonchev–Trinajstić information content (AvgIpc) is 3.08. The summed E-state index contributed by atoms with van der Waals surface area (Å²) in [6, 6.07) is 5.29. The van der Waals surface area contributed by atoms with E-state index in [1.165, 1.54) is 17.4 Å². The standard InChI is InChI=1S/C13H11FN4O2S/c14-8-4-2-1-3-7(8)10-6-21-13(17-10)18-11(19)9-5-15-12(20)16-9/h1-4,6,9H,5H2,(H2,15,16,20)(H,17,18,19). The molecule has 8 heteroatoms. The van der Waals surface area contributed by atoms with E-state index in [9.17, 15) is 14.0 Å². The minimum absolute atomic E-state index is 0.232. The normalized spacial score (nSPS) is 17.2. The summed E-state index contributed by atoms with van der Waals surface area (Å²) in [5.41, 5.74) is 0.840. The first-order valence-electron chi connectivity index (χ1n) is 6.19. The van der Waals surface area contributed by atoms with E-state index in [-0.39, 0.29) is 24.3 Å². The highest BCUT2D eigenvalue weighted by Gasteiger charge is 2.27. The van der Waals surface area contributed by atoms with E-state index < -0.39 is 6.04 Å². The number of carbonyl (C=O) groups is 2. The van der Waals surface area contributed by atoms with Crippen LogP contribution in [0.3, 0.4) is 0 Å². The number of benzene rings is 1. The van der Waals surface area contributed by atoms with Crippen molar-refractivity contribution in [1.82, 2.24) is 15.6 Å². The zero-order chi connectivity index (χ0) is 14.8. The highest BCUT2D eigenvalue weighted by Crippen LogP contribution is 2.26. The van der Waals surface area contributed by atoms with Gasteiger partial charge < -0.3 is 16.0 Å². The number of halogens is 1. The first-order chi connectivity index (χ1) is 10.1. The van der Waals surface area contributed by atoms with Crippen LogP contribution < -0.4 is 16.0 Å². The van der Waals surface area contributed by atoms with E-state index in [1.807, 2.05) is 0 Å². The predicted molar refractivity (Wildman–Crippen MR) is 76.5 cm³/mol. The molecule has 2 heterocycles. The molecule has 3 amide bonds. The maximum atomic E-state index is 13.7. The molecule has 1 unspecified atom stereocenters. The van der Waals surface area contributed by atoms with Gasteiger partial charge in [0, 0.05) is 17.5 Å². The number of rotatable bonds is 3. The van der Waals surface area contributed by atoms with Gasteiger partial charge in [0.1, 0.15) is 11.9 Å². The molecule has 3 rings (SSSR count). The van der Waals surface area contributed by atoms with E-state index >= 15 is 0 Å². The highest BCUT2D eigenvalue weighted by atomic mass is 32.1. The van der Waals surface area contributed by atoms with Crippen LogP contribution in [-0.2, 0) is 4.79 Å². The fourth-order valence-electron chi connectivity index (χ4n) is 1.93. The van der Waals surface area contributed by atoms with E-state index in [1.54, 1.807) is 23.6 Å². The van der Waals surface area contributed by atoms with E-state index in [0.29, 0.717) is 16.4 Å². The molecule has 1 fully saturated rings. The Labute approximate surface area is 123 Å². The summed E-state index contributed by atoms with van der Waals surface area (Å²) >= 11 is 1.20. The number of aromatic nitrogens is 1.